The molecule has 0 radical (unpaired) electrons. The predicted octanol–water partition coefficient (Wildman–Crippen LogP) is 8.60. The van der Waals surface area contributed by atoms with Gasteiger partial charge in [0.25, 0.3) is 0 Å². The van der Waals surface area contributed by atoms with Gasteiger partial charge < -0.3 is 5.11 Å². The van der Waals surface area contributed by atoms with Crippen molar-refractivity contribution in [1.29, 1.82) is 0 Å². The lowest BCUT2D eigenvalue weighted by Crippen LogP contribution is -2.53. The number of carbonyl (C=O) groups is 1. The largest absolute Gasteiger partial charge is 0.505 e. The molecule has 0 bridgehead atoms. The Morgan fingerprint density at radius 2 is 1.73 bits per heavy atom. The number of aliphatic hydroxyl groups excluding tert-OH is 1. The summed E-state index contributed by atoms with van der Waals surface area (Å²) < 4.78 is 0. The third kappa shape index (κ3) is 3.36. The number of hydrogen-bond donors (Lipinski definition) is 1. The minimum Gasteiger partial charge on any atom is -0.505 e. The average molecular weight is 453 g/mol. The fraction of sp³-hybridized carbons (Fsp3) is 0.774. The molecule has 0 amide bonds. The third-order valence-corrected chi connectivity index (χ3v) is 11.6. The van der Waals surface area contributed by atoms with Crippen LogP contribution in [0.1, 0.15) is 107 Å². The van der Waals surface area contributed by atoms with Gasteiger partial charge in [0.1, 0.15) is 0 Å². The summed E-state index contributed by atoms with van der Waals surface area (Å²) in [6, 6.07) is 0. The minimum atomic E-state index is -0.501. The molecule has 4 rings (SSSR count). The van der Waals surface area contributed by atoms with E-state index in [4.69, 9.17) is 0 Å². The Morgan fingerprint density at radius 1 is 1.06 bits per heavy atom. The van der Waals surface area contributed by atoms with Gasteiger partial charge in [-0.3, -0.25) is 4.79 Å². The zero-order valence-electron chi connectivity index (χ0n) is 22.6. The summed E-state index contributed by atoms with van der Waals surface area (Å²) in [6.07, 6.45) is 11.5. The quantitative estimate of drug-likeness (QED) is 0.424. The third-order valence-electron chi connectivity index (χ3n) is 11.6. The first-order chi connectivity index (χ1) is 15.2. The van der Waals surface area contributed by atoms with Crippen molar-refractivity contribution in [2.24, 2.45) is 45.3 Å². The van der Waals surface area contributed by atoms with Crippen molar-refractivity contribution in [1.82, 2.24) is 0 Å². The van der Waals surface area contributed by atoms with Crippen molar-refractivity contribution >= 4 is 5.78 Å². The molecule has 33 heavy (non-hydrogen) atoms. The molecule has 0 aromatic heterocycles. The number of fused-ring (bicyclic) bond motifs is 4. The standard InChI is InChI=1S/C31H48O2/c1-19(2)20(3)10-11-21(4)22-14-16-31(9)24-12-13-26-28(5,6)27(33)25(32)18-29(26,7)23(24)15-17-30(22,31)8/h18-19,21-22,26,32H,3,10-17H2,1-2,4-9H3. The maximum atomic E-state index is 12.8. The summed E-state index contributed by atoms with van der Waals surface area (Å²) in [5.74, 6) is 2.26. The Balaban J connectivity index is 1.68. The van der Waals surface area contributed by atoms with Crippen LogP contribution in [0.2, 0.25) is 0 Å². The molecule has 0 spiro atoms. The van der Waals surface area contributed by atoms with E-state index in [0.717, 1.165) is 37.5 Å². The van der Waals surface area contributed by atoms with Gasteiger partial charge in [0.15, 0.2) is 5.76 Å². The molecule has 2 heteroatoms. The number of hydrogen-bond acceptors (Lipinski definition) is 2. The van der Waals surface area contributed by atoms with E-state index in [9.17, 15) is 9.90 Å². The van der Waals surface area contributed by atoms with Gasteiger partial charge in [-0.05, 0) is 91.9 Å². The van der Waals surface area contributed by atoms with Crippen molar-refractivity contribution in [3.63, 3.8) is 0 Å². The molecule has 0 aromatic rings. The first kappa shape index (κ1) is 24.8. The molecule has 4 aliphatic rings. The highest BCUT2D eigenvalue weighted by Crippen LogP contribution is 2.71. The van der Waals surface area contributed by atoms with Gasteiger partial charge in [0, 0.05) is 10.8 Å². The molecule has 0 aliphatic heterocycles. The van der Waals surface area contributed by atoms with E-state index in [1.807, 2.05) is 6.08 Å². The molecule has 1 saturated carbocycles. The molecule has 4 aliphatic carbocycles. The van der Waals surface area contributed by atoms with Gasteiger partial charge in [0.2, 0.25) is 5.78 Å². The van der Waals surface area contributed by atoms with E-state index in [0.29, 0.717) is 11.3 Å². The summed E-state index contributed by atoms with van der Waals surface area (Å²) in [4.78, 5) is 12.8. The smallest absolute Gasteiger partial charge is 0.202 e. The monoisotopic (exact) mass is 452 g/mol. The zero-order valence-corrected chi connectivity index (χ0v) is 22.6. The molecule has 0 aromatic carbocycles. The fourth-order valence-electron chi connectivity index (χ4n) is 9.05. The van der Waals surface area contributed by atoms with E-state index < -0.39 is 5.41 Å². The van der Waals surface area contributed by atoms with Gasteiger partial charge in [0.05, 0.1) is 0 Å². The van der Waals surface area contributed by atoms with Crippen LogP contribution in [0.4, 0.5) is 0 Å². The SMILES string of the molecule is C=C(CCC(C)C1CCC2(C)C3=C(CCC12C)C1(C)C=C(O)C(=O)C(C)(C)C1CC3)C(C)C. The van der Waals surface area contributed by atoms with Crippen LogP contribution in [-0.4, -0.2) is 10.9 Å². The first-order valence-electron chi connectivity index (χ1n) is 13.6. The zero-order chi connectivity index (χ0) is 24.6. The summed E-state index contributed by atoms with van der Waals surface area (Å²) in [5.41, 5.74) is 4.51. The van der Waals surface area contributed by atoms with Crippen LogP contribution < -0.4 is 0 Å². The maximum absolute atomic E-state index is 12.8. The van der Waals surface area contributed by atoms with Gasteiger partial charge in [-0.15, -0.1) is 0 Å². The Hall–Kier alpha value is -1.31. The Labute approximate surface area is 203 Å². The highest BCUT2D eigenvalue weighted by molar-refractivity contribution is 5.99. The number of allylic oxidation sites excluding steroid dienone is 5. The van der Waals surface area contributed by atoms with E-state index in [1.165, 1.54) is 31.3 Å². The lowest BCUT2D eigenvalue weighted by Gasteiger charge is -2.59. The summed E-state index contributed by atoms with van der Waals surface area (Å²) >= 11 is 0. The number of ketones is 1. The molecular weight excluding hydrogens is 404 g/mol. The second-order valence-electron chi connectivity index (χ2n) is 13.6. The van der Waals surface area contributed by atoms with Crippen molar-refractivity contribution in [2.75, 3.05) is 0 Å². The van der Waals surface area contributed by atoms with Crippen molar-refractivity contribution in [3.05, 3.63) is 35.1 Å². The van der Waals surface area contributed by atoms with Crippen molar-refractivity contribution in [2.45, 2.75) is 107 Å². The number of aliphatic hydroxyl groups is 1. The molecule has 1 fully saturated rings. The number of carbonyl (C=O) groups excluding carboxylic acids is 1. The summed E-state index contributed by atoms with van der Waals surface area (Å²) in [6.45, 7) is 22.9. The summed E-state index contributed by atoms with van der Waals surface area (Å²) in [5, 5.41) is 10.6. The van der Waals surface area contributed by atoms with Crippen LogP contribution in [0.3, 0.4) is 0 Å². The van der Waals surface area contributed by atoms with E-state index >= 15 is 0 Å². The van der Waals surface area contributed by atoms with Gasteiger partial charge in [-0.1, -0.05) is 78.7 Å². The van der Waals surface area contributed by atoms with Crippen LogP contribution in [0.5, 0.6) is 0 Å². The lowest BCUT2D eigenvalue weighted by molar-refractivity contribution is -0.133. The van der Waals surface area contributed by atoms with Crippen LogP contribution >= 0.6 is 0 Å². The second-order valence-corrected chi connectivity index (χ2v) is 13.6. The van der Waals surface area contributed by atoms with Gasteiger partial charge >= 0.3 is 0 Å². The lowest BCUT2D eigenvalue weighted by atomic mass is 9.44. The Morgan fingerprint density at radius 3 is 2.36 bits per heavy atom. The first-order valence-corrected chi connectivity index (χ1v) is 13.6. The molecule has 6 atom stereocenters. The Kier molecular flexibility index (Phi) is 5.90. The van der Waals surface area contributed by atoms with Crippen molar-refractivity contribution < 1.29 is 9.90 Å². The molecule has 1 N–H and O–H groups in total. The Bertz CT molecular complexity index is 917. The van der Waals surface area contributed by atoms with Gasteiger partial charge in [-0.2, -0.15) is 0 Å². The van der Waals surface area contributed by atoms with Gasteiger partial charge in [-0.25, -0.2) is 0 Å². The molecule has 2 nitrogen and oxygen atoms in total. The molecule has 0 heterocycles. The number of Topliss-reactive ketones (excluding diaryl/α,β-unsaturated/α-hetero) is 1. The van der Waals surface area contributed by atoms with Crippen LogP contribution in [0.25, 0.3) is 0 Å². The predicted molar refractivity (Wildman–Crippen MR) is 138 cm³/mol. The van der Waals surface area contributed by atoms with Crippen LogP contribution in [0.15, 0.2) is 35.1 Å². The average Bonchev–Trinajstić information content (AvgIpc) is 3.01. The van der Waals surface area contributed by atoms with Crippen molar-refractivity contribution in [3.8, 4) is 0 Å². The highest BCUT2D eigenvalue weighted by atomic mass is 16.3. The van der Waals surface area contributed by atoms with E-state index in [2.05, 4.69) is 62.0 Å². The normalized spacial score (nSPS) is 40.8. The summed E-state index contributed by atoms with van der Waals surface area (Å²) in [7, 11) is 0. The topological polar surface area (TPSA) is 37.3 Å². The molecule has 0 saturated heterocycles. The van der Waals surface area contributed by atoms with Crippen LogP contribution in [0, 0.1) is 45.3 Å². The molecule has 184 valence electrons. The maximum Gasteiger partial charge on any atom is 0.202 e. The number of rotatable bonds is 5. The van der Waals surface area contributed by atoms with Crippen LogP contribution in [-0.2, 0) is 4.79 Å². The molecule has 6 unspecified atom stereocenters. The highest BCUT2D eigenvalue weighted by Gasteiger charge is 2.63. The minimum absolute atomic E-state index is 0.00529. The second kappa shape index (κ2) is 7.85. The van der Waals surface area contributed by atoms with E-state index in [-0.39, 0.29) is 28.3 Å². The molecular formula is C31H48O2. The fourth-order valence-corrected chi connectivity index (χ4v) is 9.05. The van der Waals surface area contributed by atoms with E-state index in [1.54, 1.807) is 11.1 Å².